The van der Waals surface area contributed by atoms with Crippen molar-refractivity contribution in [2.75, 3.05) is 12.4 Å². The number of carbonyl (C=O) groups excluding carboxylic acids is 2. The van der Waals surface area contributed by atoms with Crippen LogP contribution in [0.5, 0.6) is 5.75 Å². The molecule has 2 amide bonds. The van der Waals surface area contributed by atoms with Gasteiger partial charge in [-0.3, -0.25) is 14.6 Å². The molecule has 10 heteroatoms. The number of para-hydroxylation sites is 1. The second kappa shape index (κ2) is 9.86. The molecule has 1 aliphatic heterocycles. The molecule has 0 bridgehead atoms. The van der Waals surface area contributed by atoms with Crippen molar-refractivity contribution >= 4 is 23.7 Å². The van der Waals surface area contributed by atoms with Crippen molar-refractivity contribution in [2.45, 2.75) is 18.6 Å². The van der Waals surface area contributed by atoms with Crippen molar-refractivity contribution < 1.29 is 18.7 Å². The summed E-state index contributed by atoms with van der Waals surface area (Å²) >= 11 is 0. The van der Waals surface area contributed by atoms with Gasteiger partial charge in [-0.25, -0.2) is 9.82 Å². The number of allylic oxidation sites excluding steroid dienone is 2. The van der Waals surface area contributed by atoms with E-state index >= 15 is 0 Å². The van der Waals surface area contributed by atoms with Gasteiger partial charge in [0.15, 0.2) is 0 Å². The lowest BCUT2D eigenvalue weighted by Gasteiger charge is -2.24. The Bertz CT molecular complexity index is 1180. The van der Waals surface area contributed by atoms with Crippen LogP contribution in [0, 0.1) is 5.82 Å². The first-order valence-electron chi connectivity index (χ1n) is 10.1. The smallest absolute Gasteiger partial charge is 0.329 e. The van der Waals surface area contributed by atoms with Crippen LogP contribution in [0.2, 0.25) is 0 Å². The highest BCUT2D eigenvalue weighted by atomic mass is 19.1. The molecule has 2 aromatic carbocycles. The van der Waals surface area contributed by atoms with Gasteiger partial charge in [-0.15, -0.1) is 0 Å². The Morgan fingerprint density at radius 2 is 2.00 bits per heavy atom. The summed E-state index contributed by atoms with van der Waals surface area (Å²) in [5.41, 5.74) is 3.57. The van der Waals surface area contributed by atoms with Gasteiger partial charge in [0.2, 0.25) is 0 Å². The lowest BCUT2D eigenvalue weighted by Crippen LogP contribution is -2.32. The van der Waals surface area contributed by atoms with E-state index in [9.17, 15) is 14.0 Å². The molecule has 0 fully saturated rings. The highest BCUT2D eigenvalue weighted by Gasteiger charge is 2.30. The van der Waals surface area contributed by atoms with E-state index in [0.29, 0.717) is 17.9 Å². The molecule has 2 aliphatic rings. The van der Waals surface area contributed by atoms with Gasteiger partial charge in [-0.2, -0.15) is 10.2 Å². The standard InChI is InChI=1S/C23H21FN6O3/c1-33-21-11-10-15(12-16(21)14-30-20-9-5-4-8-19(20)27-29-30)13-25-28-23(32)22(31)26-18-7-3-2-6-17(18)24/h2-13,19-20H,14H2,1H3,(H,26,31)(H,28,32)/b25-13+. The fraction of sp³-hybridized carbons (Fsp3) is 0.174. The van der Waals surface area contributed by atoms with Crippen LogP contribution in [0.3, 0.4) is 0 Å². The number of hydrogen-bond acceptors (Lipinski definition) is 7. The average molecular weight is 448 g/mol. The number of carbonyl (C=O) groups is 2. The third-order valence-corrected chi connectivity index (χ3v) is 5.07. The third-order valence-electron chi connectivity index (χ3n) is 5.07. The summed E-state index contributed by atoms with van der Waals surface area (Å²) in [6.07, 6.45) is 9.36. The molecule has 1 aliphatic carbocycles. The lowest BCUT2D eigenvalue weighted by atomic mass is 10.0. The first-order chi connectivity index (χ1) is 16.0. The van der Waals surface area contributed by atoms with Crippen LogP contribution >= 0.6 is 0 Å². The number of nitrogens with one attached hydrogen (secondary N) is 2. The zero-order chi connectivity index (χ0) is 23.2. The van der Waals surface area contributed by atoms with Crippen LogP contribution in [-0.2, 0) is 16.1 Å². The monoisotopic (exact) mass is 448 g/mol. The Labute approximate surface area is 189 Å². The minimum atomic E-state index is -1.03. The summed E-state index contributed by atoms with van der Waals surface area (Å²) in [5.74, 6) is -2.02. The molecule has 0 saturated heterocycles. The predicted octanol–water partition coefficient (Wildman–Crippen LogP) is 2.97. The third kappa shape index (κ3) is 5.12. The number of ether oxygens (including phenoxy) is 1. The molecule has 0 spiro atoms. The number of halogens is 1. The Balaban J connectivity index is 1.39. The van der Waals surface area contributed by atoms with Crippen LogP contribution < -0.4 is 15.5 Å². The Morgan fingerprint density at radius 1 is 1.18 bits per heavy atom. The Kier molecular flexibility index (Phi) is 6.53. The van der Waals surface area contributed by atoms with E-state index in [1.165, 1.54) is 24.4 Å². The van der Waals surface area contributed by atoms with Crippen molar-refractivity contribution in [2.24, 2.45) is 15.4 Å². The van der Waals surface area contributed by atoms with E-state index in [-0.39, 0.29) is 17.8 Å². The predicted molar refractivity (Wildman–Crippen MR) is 120 cm³/mol. The van der Waals surface area contributed by atoms with E-state index < -0.39 is 17.6 Å². The second-order valence-corrected chi connectivity index (χ2v) is 7.26. The SMILES string of the molecule is COc1ccc(/C=N/NC(=O)C(=O)Nc2ccccc2F)cc1CN1N=NC2C=CC=CC21. The quantitative estimate of drug-likeness (QED) is 0.402. The van der Waals surface area contributed by atoms with Crippen molar-refractivity contribution in [3.8, 4) is 5.75 Å². The van der Waals surface area contributed by atoms with Crippen LogP contribution in [0.15, 0.2) is 82.2 Å². The molecular formula is C23H21FN6O3. The molecular weight excluding hydrogens is 427 g/mol. The number of hydrogen-bond donors (Lipinski definition) is 2. The molecule has 9 nitrogen and oxygen atoms in total. The molecule has 168 valence electrons. The van der Waals surface area contributed by atoms with Gasteiger partial charge in [-0.1, -0.05) is 41.7 Å². The van der Waals surface area contributed by atoms with Crippen LogP contribution in [-0.4, -0.2) is 42.2 Å². The summed E-state index contributed by atoms with van der Waals surface area (Å²) < 4.78 is 19.1. The molecule has 2 N–H and O–H groups in total. The molecule has 2 aromatic rings. The van der Waals surface area contributed by atoms with Gasteiger partial charge in [0.1, 0.15) is 17.6 Å². The van der Waals surface area contributed by atoms with Gasteiger partial charge < -0.3 is 10.1 Å². The Hall–Kier alpha value is -4.34. The minimum Gasteiger partial charge on any atom is -0.496 e. The van der Waals surface area contributed by atoms with Gasteiger partial charge in [-0.05, 0) is 35.9 Å². The minimum absolute atomic E-state index is 0.00328. The number of methoxy groups -OCH3 is 1. The first kappa shape index (κ1) is 21.9. The van der Waals surface area contributed by atoms with Crippen LogP contribution in [0.4, 0.5) is 10.1 Å². The summed E-state index contributed by atoms with van der Waals surface area (Å²) in [5, 5.41) is 16.4. The topological polar surface area (TPSA) is 108 Å². The maximum Gasteiger partial charge on any atom is 0.329 e. The van der Waals surface area contributed by atoms with E-state index in [0.717, 1.165) is 5.56 Å². The molecule has 33 heavy (non-hydrogen) atoms. The van der Waals surface area contributed by atoms with Gasteiger partial charge in [0.25, 0.3) is 0 Å². The van der Waals surface area contributed by atoms with Crippen LogP contribution in [0.25, 0.3) is 0 Å². The summed E-state index contributed by atoms with van der Waals surface area (Å²) in [6.45, 7) is 0.463. The zero-order valence-corrected chi connectivity index (χ0v) is 17.7. The highest BCUT2D eigenvalue weighted by molar-refractivity contribution is 6.39. The number of nitrogens with zero attached hydrogens (tertiary/aromatic N) is 4. The van der Waals surface area contributed by atoms with Crippen molar-refractivity contribution in [3.05, 3.63) is 83.7 Å². The number of rotatable bonds is 6. The maximum absolute atomic E-state index is 13.6. The molecule has 2 unspecified atom stereocenters. The summed E-state index contributed by atoms with van der Waals surface area (Å²) in [7, 11) is 1.58. The van der Waals surface area contributed by atoms with Gasteiger partial charge in [0.05, 0.1) is 31.6 Å². The first-order valence-corrected chi connectivity index (χ1v) is 10.1. The van der Waals surface area contributed by atoms with E-state index in [4.69, 9.17) is 4.74 Å². The summed E-state index contributed by atoms with van der Waals surface area (Å²) in [6, 6.07) is 11.0. The fourth-order valence-electron chi connectivity index (χ4n) is 3.42. The van der Waals surface area contributed by atoms with E-state index in [2.05, 4.69) is 26.2 Å². The Morgan fingerprint density at radius 3 is 2.82 bits per heavy atom. The average Bonchev–Trinajstić information content (AvgIpc) is 3.23. The number of amides is 2. The normalized spacial score (nSPS) is 18.4. The zero-order valence-electron chi connectivity index (χ0n) is 17.7. The van der Waals surface area contributed by atoms with Crippen molar-refractivity contribution in [3.63, 3.8) is 0 Å². The number of hydrazone groups is 1. The molecule has 0 saturated carbocycles. The van der Waals surface area contributed by atoms with Gasteiger partial charge >= 0.3 is 11.8 Å². The largest absolute Gasteiger partial charge is 0.496 e. The van der Waals surface area contributed by atoms with Gasteiger partial charge in [0, 0.05) is 5.56 Å². The highest BCUT2D eigenvalue weighted by Crippen LogP contribution is 2.28. The molecule has 1 heterocycles. The maximum atomic E-state index is 13.6. The van der Waals surface area contributed by atoms with Crippen molar-refractivity contribution in [1.29, 1.82) is 0 Å². The van der Waals surface area contributed by atoms with Crippen LogP contribution in [0.1, 0.15) is 11.1 Å². The summed E-state index contributed by atoms with van der Waals surface area (Å²) in [4.78, 5) is 23.9. The van der Waals surface area contributed by atoms with E-state index in [1.54, 1.807) is 25.3 Å². The number of benzene rings is 2. The molecule has 0 radical (unpaired) electrons. The molecule has 0 aromatic heterocycles. The molecule has 4 rings (SSSR count). The second-order valence-electron chi connectivity index (χ2n) is 7.26. The van der Waals surface area contributed by atoms with E-state index in [1.807, 2.05) is 35.4 Å². The fourth-order valence-corrected chi connectivity index (χ4v) is 3.42. The molecule has 2 atom stereocenters. The number of anilines is 1. The van der Waals surface area contributed by atoms with Crippen molar-refractivity contribution in [1.82, 2.24) is 10.4 Å². The lowest BCUT2D eigenvalue weighted by molar-refractivity contribution is -0.136. The number of fused-ring (bicyclic) bond motifs is 1.